The third kappa shape index (κ3) is 2.08. The largest absolute Gasteiger partial charge is 0.482 e. The van der Waals surface area contributed by atoms with Gasteiger partial charge in [0.15, 0.2) is 5.88 Å². The molecular formula is C11H11F3N2O2. The van der Waals surface area contributed by atoms with Crippen LogP contribution in [0.2, 0.25) is 0 Å². The lowest BCUT2D eigenvalue weighted by atomic mass is 10.2. The van der Waals surface area contributed by atoms with Crippen molar-refractivity contribution in [3.8, 4) is 0 Å². The van der Waals surface area contributed by atoms with Gasteiger partial charge in [-0.3, -0.25) is 0 Å². The minimum atomic E-state index is -4.88. The SMILES string of the molecule is COC1=CC(O)(C(F)(F)F)Nc2ccccc2N1. The number of benzene rings is 1. The molecule has 4 nitrogen and oxygen atoms in total. The summed E-state index contributed by atoms with van der Waals surface area (Å²) in [7, 11) is 1.21. The summed E-state index contributed by atoms with van der Waals surface area (Å²) in [4.78, 5) is 0. The van der Waals surface area contributed by atoms with Crippen molar-refractivity contribution >= 4 is 11.4 Å². The summed E-state index contributed by atoms with van der Waals surface area (Å²) < 4.78 is 43.4. The third-order valence-corrected chi connectivity index (χ3v) is 2.50. The second kappa shape index (κ2) is 4.09. The molecule has 7 heteroatoms. The Morgan fingerprint density at radius 1 is 1.22 bits per heavy atom. The van der Waals surface area contributed by atoms with Gasteiger partial charge in [-0.05, 0) is 12.1 Å². The van der Waals surface area contributed by atoms with Crippen molar-refractivity contribution in [3.05, 3.63) is 36.2 Å². The molecule has 1 heterocycles. The number of alkyl halides is 3. The number of fused-ring (bicyclic) bond motifs is 1. The van der Waals surface area contributed by atoms with Crippen molar-refractivity contribution in [2.24, 2.45) is 0 Å². The monoisotopic (exact) mass is 260 g/mol. The van der Waals surface area contributed by atoms with Crippen LogP contribution in [0, 0.1) is 0 Å². The van der Waals surface area contributed by atoms with E-state index in [1.165, 1.54) is 13.2 Å². The van der Waals surface area contributed by atoms with Gasteiger partial charge in [0.2, 0.25) is 0 Å². The van der Waals surface area contributed by atoms with E-state index in [1.807, 2.05) is 0 Å². The normalized spacial score (nSPS) is 23.1. The van der Waals surface area contributed by atoms with E-state index in [9.17, 15) is 18.3 Å². The van der Waals surface area contributed by atoms with Gasteiger partial charge in [-0.2, -0.15) is 13.2 Å². The van der Waals surface area contributed by atoms with Crippen LogP contribution in [0.5, 0.6) is 0 Å². The fourth-order valence-corrected chi connectivity index (χ4v) is 1.56. The van der Waals surface area contributed by atoms with Gasteiger partial charge in [0.05, 0.1) is 18.5 Å². The lowest BCUT2D eigenvalue weighted by Gasteiger charge is -2.28. The predicted octanol–water partition coefficient (Wildman–Crippen LogP) is 2.26. The lowest BCUT2D eigenvalue weighted by molar-refractivity contribution is -0.228. The van der Waals surface area contributed by atoms with Gasteiger partial charge in [-0.1, -0.05) is 12.1 Å². The molecule has 0 aromatic heterocycles. The van der Waals surface area contributed by atoms with Crippen LogP contribution in [-0.4, -0.2) is 24.1 Å². The van der Waals surface area contributed by atoms with E-state index in [0.29, 0.717) is 11.8 Å². The number of methoxy groups -OCH3 is 1. The van der Waals surface area contributed by atoms with Crippen LogP contribution >= 0.6 is 0 Å². The summed E-state index contributed by atoms with van der Waals surface area (Å²) in [6.07, 6.45) is -4.33. The van der Waals surface area contributed by atoms with Crippen molar-refractivity contribution in [2.45, 2.75) is 11.9 Å². The van der Waals surface area contributed by atoms with Crippen LogP contribution < -0.4 is 10.6 Å². The Morgan fingerprint density at radius 3 is 2.39 bits per heavy atom. The summed E-state index contributed by atoms with van der Waals surface area (Å²) in [5.41, 5.74) is -2.68. The average Bonchev–Trinajstić information content (AvgIpc) is 2.44. The summed E-state index contributed by atoms with van der Waals surface area (Å²) >= 11 is 0. The molecule has 1 aliphatic heterocycles. The first-order chi connectivity index (χ1) is 8.36. The van der Waals surface area contributed by atoms with Gasteiger partial charge in [0.1, 0.15) is 0 Å². The van der Waals surface area contributed by atoms with Crippen molar-refractivity contribution in [3.63, 3.8) is 0 Å². The first-order valence-corrected chi connectivity index (χ1v) is 5.06. The molecule has 0 amide bonds. The van der Waals surface area contributed by atoms with E-state index in [4.69, 9.17) is 4.74 Å². The van der Waals surface area contributed by atoms with E-state index in [0.717, 1.165) is 0 Å². The molecule has 0 saturated heterocycles. The van der Waals surface area contributed by atoms with E-state index < -0.39 is 11.9 Å². The van der Waals surface area contributed by atoms with Gasteiger partial charge in [-0.25, -0.2) is 0 Å². The van der Waals surface area contributed by atoms with Crippen molar-refractivity contribution in [2.75, 3.05) is 17.7 Å². The number of hydrogen-bond donors (Lipinski definition) is 3. The second-order valence-electron chi connectivity index (χ2n) is 3.77. The number of hydrogen-bond acceptors (Lipinski definition) is 4. The smallest absolute Gasteiger partial charge is 0.440 e. The number of rotatable bonds is 1. The summed E-state index contributed by atoms with van der Waals surface area (Å²) in [5.74, 6) is -0.188. The molecular weight excluding hydrogens is 249 g/mol. The van der Waals surface area contributed by atoms with Gasteiger partial charge < -0.3 is 20.5 Å². The number of halogens is 3. The van der Waals surface area contributed by atoms with Crippen LogP contribution in [0.3, 0.4) is 0 Å². The molecule has 0 radical (unpaired) electrons. The maximum Gasteiger partial charge on any atom is 0.440 e. The molecule has 1 atom stereocenters. The van der Waals surface area contributed by atoms with Crippen LogP contribution in [0.15, 0.2) is 36.2 Å². The van der Waals surface area contributed by atoms with Crippen LogP contribution in [-0.2, 0) is 4.74 Å². The van der Waals surface area contributed by atoms with Crippen LogP contribution in [0.4, 0.5) is 24.5 Å². The molecule has 2 rings (SSSR count). The fourth-order valence-electron chi connectivity index (χ4n) is 1.56. The summed E-state index contributed by atoms with van der Waals surface area (Å²) in [5, 5.41) is 14.4. The van der Waals surface area contributed by atoms with Crippen molar-refractivity contribution in [1.82, 2.24) is 0 Å². The molecule has 0 bridgehead atoms. The Labute approximate surface area is 101 Å². The number of aliphatic hydroxyl groups is 1. The predicted molar refractivity (Wildman–Crippen MR) is 59.8 cm³/mol. The maximum atomic E-state index is 12.9. The number of anilines is 2. The van der Waals surface area contributed by atoms with Crippen LogP contribution in [0.1, 0.15) is 0 Å². The van der Waals surface area contributed by atoms with Crippen molar-refractivity contribution in [1.29, 1.82) is 0 Å². The highest BCUT2D eigenvalue weighted by Crippen LogP contribution is 2.38. The number of nitrogens with one attached hydrogen (secondary N) is 2. The zero-order valence-electron chi connectivity index (χ0n) is 9.38. The van der Waals surface area contributed by atoms with Gasteiger partial charge >= 0.3 is 6.18 Å². The first kappa shape index (κ1) is 12.6. The molecule has 1 aliphatic rings. The molecule has 18 heavy (non-hydrogen) atoms. The van der Waals surface area contributed by atoms with E-state index in [1.54, 1.807) is 18.2 Å². The Kier molecular flexibility index (Phi) is 2.86. The van der Waals surface area contributed by atoms with E-state index >= 15 is 0 Å². The Morgan fingerprint density at radius 2 is 1.83 bits per heavy atom. The maximum absolute atomic E-state index is 12.9. The first-order valence-electron chi connectivity index (χ1n) is 5.06. The molecule has 1 unspecified atom stereocenters. The van der Waals surface area contributed by atoms with E-state index in [2.05, 4.69) is 10.6 Å². The fraction of sp³-hybridized carbons (Fsp3) is 0.273. The topological polar surface area (TPSA) is 53.5 Å². The molecule has 0 saturated carbocycles. The summed E-state index contributed by atoms with van der Waals surface area (Å²) in [6, 6.07) is 6.20. The molecule has 0 fully saturated rings. The Balaban J connectivity index is 2.52. The van der Waals surface area contributed by atoms with Crippen LogP contribution in [0.25, 0.3) is 0 Å². The number of para-hydroxylation sites is 2. The molecule has 0 aliphatic carbocycles. The average molecular weight is 260 g/mol. The minimum Gasteiger partial charge on any atom is -0.482 e. The van der Waals surface area contributed by atoms with Gasteiger partial charge in [0, 0.05) is 6.08 Å². The zero-order chi connectivity index (χ0) is 13.4. The zero-order valence-corrected chi connectivity index (χ0v) is 9.38. The lowest BCUT2D eigenvalue weighted by Crippen LogP contribution is -2.50. The molecule has 98 valence electrons. The van der Waals surface area contributed by atoms with Crippen molar-refractivity contribution < 1.29 is 23.0 Å². The number of ether oxygens (including phenoxy) is 1. The summed E-state index contributed by atoms with van der Waals surface area (Å²) in [6.45, 7) is 0. The highest BCUT2D eigenvalue weighted by molar-refractivity contribution is 5.72. The third-order valence-electron chi connectivity index (χ3n) is 2.50. The molecule has 0 spiro atoms. The molecule has 1 aromatic carbocycles. The van der Waals surface area contributed by atoms with E-state index in [-0.39, 0.29) is 11.6 Å². The second-order valence-corrected chi connectivity index (χ2v) is 3.77. The van der Waals surface area contributed by atoms with Gasteiger partial charge in [-0.15, -0.1) is 0 Å². The standard InChI is InChI=1S/C11H11F3N2O2/c1-18-9-6-10(17,11(12,13)14)16-8-5-3-2-4-7(8)15-9/h2-6,15-17H,1H3. The highest BCUT2D eigenvalue weighted by Gasteiger charge is 2.54. The Bertz CT molecular complexity index is 487. The van der Waals surface area contributed by atoms with Gasteiger partial charge in [0.25, 0.3) is 5.72 Å². The molecule has 1 aromatic rings. The quantitative estimate of drug-likeness (QED) is 0.725. The molecule has 3 N–H and O–H groups in total. The highest BCUT2D eigenvalue weighted by atomic mass is 19.4. The Hall–Kier alpha value is -1.89. The minimum absolute atomic E-state index is 0.126.